The third-order valence-electron chi connectivity index (χ3n) is 3.86. The molecule has 0 saturated carbocycles. The topological polar surface area (TPSA) is 64.6 Å². The minimum atomic E-state index is -0.199. The minimum absolute atomic E-state index is 0.0105. The predicted molar refractivity (Wildman–Crippen MR) is 66.6 cm³/mol. The fourth-order valence-corrected chi connectivity index (χ4v) is 2.80. The van der Waals surface area contributed by atoms with Crippen molar-refractivity contribution in [3.8, 4) is 0 Å². The van der Waals surface area contributed by atoms with Crippen molar-refractivity contribution in [3.63, 3.8) is 0 Å². The van der Waals surface area contributed by atoms with E-state index < -0.39 is 0 Å². The number of rotatable bonds is 2. The third kappa shape index (κ3) is 2.33. The zero-order valence-electron chi connectivity index (χ0n) is 10.9. The molecule has 2 saturated heterocycles. The Hall–Kier alpha value is -1.53. The smallest absolute Gasteiger partial charge is 0.255 e. The summed E-state index contributed by atoms with van der Waals surface area (Å²) in [6, 6.07) is 1.68. The Bertz CT molecular complexity index is 459. The van der Waals surface area contributed by atoms with Crippen LogP contribution < -0.4 is 0 Å². The zero-order valence-corrected chi connectivity index (χ0v) is 10.9. The molecule has 1 aromatic heterocycles. The summed E-state index contributed by atoms with van der Waals surface area (Å²) < 4.78 is 11.2. The molecule has 0 unspecified atom stereocenters. The van der Waals surface area contributed by atoms with Crippen molar-refractivity contribution in [1.29, 1.82) is 0 Å². The highest BCUT2D eigenvalue weighted by Gasteiger charge is 2.49. The number of amides is 1. The maximum atomic E-state index is 12.2. The fourth-order valence-electron chi connectivity index (χ4n) is 2.80. The molecule has 0 aromatic carbocycles. The zero-order chi connectivity index (χ0) is 13.3. The highest BCUT2D eigenvalue weighted by atomic mass is 16.5. The molecule has 1 spiro atoms. The van der Waals surface area contributed by atoms with E-state index in [1.807, 2.05) is 0 Å². The number of carbonyl (C=O) groups excluding carboxylic acids is 1. The normalized spacial score (nSPS) is 25.1. The first-order valence-corrected chi connectivity index (χ1v) is 6.45. The Morgan fingerprint density at radius 3 is 3.05 bits per heavy atom. The summed E-state index contributed by atoms with van der Waals surface area (Å²) in [5.74, 6) is -0.0105. The van der Waals surface area contributed by atoms with Gasteiger partial charge in [0.15, 0.2) is 0 Å². The lowest BCUT2D eigenvalue weighted by atomic mass is 9.84. The van der Waals surface area contributed by atoms with Gasteiger partial charge in [-0.05, 0) is 12.5 Å². The van der Waals surface area contributed by atoms with Gasteiger partial charge in [0.1, 0.15) is 5.60 Å². The van der Waals surface area contributed by atoms with E-state index in [0.717, 1.165) is 12.8 Å². The van der Waals surface area contributed by atoms with E-state index >= 15 is 0 Å². The number of nitrogens with zero attached hydrogens (tertiary/aromatic N) is 3. The van der Waals surface area contributed by atoms with E-state index in [9.17, 15) is 4.79 Å². The fraction of sp³-hybridized carbons (Fsp3) is 0.615. The van der Waals surface area contributed by atoms with Crippen molar-refractivity contribution < 1.29 is 14.3 Å². The second kappa shape index (κ2) is 4.86. The summed E-state index contributed by atoms with van der Waals surface area (Å²) in [6.45, 7) is 1.97. The van der Waals surface area contributed by atoms with E-state index in [-0.39, 0.29) is 17.6 Å². The van der Waals surface area contributed by atoms with Crippen LogP contribution in [0.5, 0.6) is 0 Å². The monoisotopic (exact) mass is 263 g/mol. The quantitative estimate of drug-likeness (QED) is 0.777. The van der Waals surface area contributed by atoms with Gasteiger partial charge in [-0.3, -0.25) is 4.79 Å². The molecule has 3 rings (SSSR count). The molecule has 0 radical (unpaired) electrons. The molecule has 1 aromatic rings. The second-order valence-corrected chi connectivity index (χ2v) is 5.17. The summed E-state index contributed by atoms with van der Waals surface area (Å²) in [5.41, 5.74) is 0.374. The molecular formula is C13H17N3O3. The molecule has 0 bridgehead atoms. The van der Waals surface area contributed by atoms with Gasteiger partial charge in [0, 0.05) is 20.1 Å². The number of carbonyl (C=O) groups is 1. The number of likely N-dealkylation sites (tertiary alicyclic amines) is 1. The predicted octanol–water partition coefficient (Wildman–Crippen LogP) is 0.497. The van der Waals surface area contributed by atoms with Crippen LogP contribution in [0.1, 0.15) is 23.2 Å². The van der Waals surface area contributed by atoms with Crippen LogP contribution in [0, 0.1) is 0 Å². The van der Waals surface area contributed by atoms with Crippen molar-refractivity contribution >= 4 is 5.91 Å². The van der Waals surface area contributed by atoms with Crippen LogP contribution in [0.15, 0.2) is 18.5 Å². The van der Waals surface area contributed by atoms with E-state index in [1.54, 1.807) is 18.1 Å². The molecule has 1 atom stereocenters. The van der Waals surface area contributed by atoms with Gasteiger partial charge in [-0.1, -0.05) is 0 Å². The van der Waals surface area contributed by atoms with Crippen LogP contribution in [-0.2, 0) is 9.47 Å². The number of ether oxygens (including phenoxy) is 2. The maximum Gasteiger partial charge on any atom is 0.255 e. The molecule has 2 aliphatic rings. The molecule has 102 valence electrons. The van der Waals surface area contributed by atoms with Gasteiger partial charge in [-0.2, -0.15) is 10.2 Å². The molecule has 19 heavy (non-hydrogen) atoms. The van der Waals surface area contributed by atoms with Crippen LogP contribution >= 0.6 is 0 Å². The van der Waals surface area contributed by atoms with Crippen LogP contribution in [0.3, 0.4) is 0 Å². The molecule has 6 heteroatoms. The second-order valence-electron chi connectivity index (χ2n) is 5.17. The van der Waals surface area contributed by atoms with Crippen LogP contribution in [0.2, 0.25) is 0 Å². The molecule has 2 aliphatic heterocycles. The Morgan fingerprint density at radius 2 is 2.37 bits per heavy atom. The van der Waals surface area contributed by atoms with Crippen molar-refractivity contribution in [2.45, 2.75) is 24.5 Å². The third-order valence-corrected chi connectivity index (χ3v) is 3.86. The molecule has 0 N–H and O–H groups in total. The highest BCUT2D eigenvalue weighted by Crippen LogP contribution is 2.35. The minimum Gasteiger partial charge on any atom is -0.381 e. The van der Waals surface area contributed by atoms with Gasteiger partial charge in [0.2, 0.25) is 0 Å². The van der Waals surface area contributed by atoms with Crippen molar-refractivity contribution in [3.05, 3.63) is 24.0 Å². The average Bonchev–Trinajstić information content (AvgIpc) is 2.45. The van der Waals surface area contributed by atoms with E-state index in [1.165, 1.54) is 12.4 Å². The average molecular weight is 263 g/mol. The number of aromatic nitrogens is 2. The molecule has 1 amide bonds. The van der Waals surface area contributed by atoms with E-state index in [2.05, 4.69) is 10.2 Å². The Labute approximate surface area is 111 Å². The SMILES string of the molecule is CO[C@@H]1CCOC2(C1)CN(C(=O)c1ccnnc1)C2. The van der Waals surface area contributed by atoms with Gasteiger partial charge in [-0.15, -0.1) is 0 Å². The first kappa shape index (κ1) is 12.5. The van der Waals surface area contributed by atoms with Gasteiger partial charge < -0.3 is 14.4 Å². The van der Waals surface area contributed by atoms with Gasteiger partial charge in [-0.25, -0.2) is 0 Å². The van der Waals surface area contributed by atoms with Crippen molar-refractivity contribution in [2.75, 3.05) is 26.8 Å². The summed E-state index contributed by atoms with van der Waals surface area (Å²) in [6.07, 6.45) is 5.06. The molecule has 0 aliphatic carbocycles. The number of hydrogen-bond acceptors (Lipinski definition) is 5. The summed E-state index contributed by atoms with van der Waals surface area (Å²) >= 11 is 0. The number of methoxy groups -OCH3 is 1. The largest absolute Gasteiger partial charge is 0.381 e. The van der Waals surface area contributed by atoms with E-state index in [0.29, 0.717) is 25.3 Å². The van der Waals surface area contributed by atoms with Gasteiger partial charge in [0.25, 0.3) is 5.91 Å². The van der Waals surface area contributed by atoms with Crippen LogP contribution in [-0.4, -0.2) is 59.5 Å². The number of hydrogen-bond donors (Lipinski definition) is 0. The Kier molecular flexibility index (Phi) is 3.20. The van der Waals surface area contributed by atoms with Crippen LogP contribution in [0.4, 0.5) is 0 Å². The maximum absolute atomic E-state index is 12.2. The summed E-state index contributed by atoms with van der Waals surface area (Å²) in [5, 5.41) is 7.40. The molecular weight excluding hydrogens is 246 g/mol. The molecule has 2 fully saturated rings. The molecule has 6 nitrogen and oxygen atoms in total. The van der Waals surface area contributed by atoms with Crippen molar-refractivity contribution in [1.82, 2.24) is 15.1 Å². The lowest BCUT2D eigenvalue weighted by molar-refractivity contribution is -0.181. The summed E-state index contributed by atoms with van der Waals surface area (Å²) in [4.78, 5) is 14.0. The van der Waals surface area contributed by atoms with Gasteiger partial charge >= 0.3 is 0 Å². The summed E-state index contributed by atoms with van der Waals surface area (Å²) in [7, 11) is 1.73. The molecule has 3 heterocycles. The van der Waals surface area contributed by atoms with Crippen LogP contribution in [0.25, 0.3) is 0 Å². The standard InChI is InChI=1S/C13H17N3O3/c1-18-11-3-5-19-13(6-11)8-16(9-13)12(17)10-2-4-14-15-7-10/h2,4,7,11H,3,5-6,8-9H2,1H3/t11-/m1/s1. The Morgan fingerprint density at radius 1 is 1.53 bits per heavy atom. The van der Waals surface area contributed by atoms with Crippen molar-refractivity contribution in [2.24, 2.45) is 0 Å². The first-order valence-electron chi connectivity index (χ1n) is 6.45. The van der Waals surface area contributed by atoms with Gasteiger partial charge in [0.05, 0.1) is 37.2 Å². The highest BCUT2D eigenvalue weighted by molar-refractivity contribution is 5.94. The lowest BCUT2D eigenvalue weighted by Crippen LogP contribution is -2.67. The first-order chi connectivity index (χ1) is 9.22. The Balaban J connectivity index is 1.62. The lowest BCUT2D eigenvalue weighted by Gasteiger charge is -2.52. The van der Waals surface area contributed by atoms with E-state index in [4.69, 9.17) is 9.47 Å².